The van der Waals surface area contributed by atoms with Crippen molar-refractivity contribution in [3.8, 4) is 0 Å². The lowest BCUT2D eigenvalue weighted by Crippen LogP contribution is -2.47. The van der Waals surface area contributed by atoms with Gasteiger partial charge in [0, 0.05) is 0 Å². The van der Waals surface area contributed by atoms with Crippen molar-refractivity contribution < 1.29 is 14.3 Å². The molecule has 15 heavy (non-hydrogen) atoms. The summed E-state index contributed by atoms with van der Waals surface area (Å²) >= 11 is 0. The maximum Gasteiger partial charge on any atom is 0.308 e. The number of cyclic esters (lactones) is 1. The third-order valence-corrected chi connectivity index (χ3v) is 2.98. The van der Waals surface area contributed by atoms with Crippen LogP contribution < -0.4 is 10.6 Å². The van der Waals surface area contributed by atoms with E-state index in [1.165, 1.54) is 0 Å². The van der Waals surface area contributed by atoms with Gasteiger partial charge in [0.1, 0.15) is 6.10 Å². The molecule has 2 aliphatic heterocycles. The number of esters is 1. The highest BCUT2D eigenvalue weighted by Crippen LogP contribution is 2.15. The summed E-state index contributed by atoms with van der Waals surface area (Å²) in [6, 6.07) is -0.250. The molecule has 1 amide bonds. The summed E-state index contributed by atoms with van der Waals surface area (Å²) in [4.78, 5) is 22.7. The topological polar surface area (TPSA) is 67.4 Å². The van der Waals surface area contributed by atoms with E-state index in [4.69, 9.17) is 4.74 Å². The fourth-order valence-electron chi connectivity index (χ4n) is 2.04. The van der Waals surface area contributed by atoms with Gasteiger partial charge < -0.3 is 15.4 Å². The van der Waals surface area contributed by atoms with Gasteiger partial charge >= 0.3 is 5.97 Å². The molecule has 0 radical (unpaired) electrons. The highest BCUT2D eigenvalue weighted by molar-refractivity contribution is 5.83. The summed E-state index contributed by atoms with van der Waals surface area (Å²) in [6.45, 7) is 2.70. The molecule has 0 aromatic heterocycles. The molecule has 3 atom stereocenters. The Morgan fingerprint density at radius 3 is 2.93 bits per heavy atom. The highest BCUT2D eigenvalue weighted by atomic mass is 16.6. The Kier molecular flexibility index (Phi) is 2.90. The lowest BCUT2D eigenvalue weighted by Gasteiger charge is -2.17. The normalized spacial score (nSPS) is 35.3. The third-order valence-electron chi connectivity index (χ3n) is 2.98. The number of hydrogen-bond acceptors (Lipinski definition) is 4. The van der Waals surface area contributed by atoms with Crippen molar-refractivity contribution in [1.82, 2.24) is 10.6 Å². The molecule has 5 nitrogen and oxygen atoms in total. The minimum Gasteiger partial charge on any atom is -0.460 e. The summed E-state index contributed by atoms with van der Waals surface area (Å²) in [5.41, 5.74) is 0. The smallest absolute Gasteiger partial charge is 0.308 e. The maximum absolute atomic E-state index is 11.7. The molecule has 0 bridgehead atoms. The largest absolute Gasteiger partial charge is 0.460 e. The molecule has 2 aliphatic rings. The van der Waals surface area contributed by atoms with Crippen molar-refractivity contribution in [3.05, 3.63) is 0 Å². The van der Waals surface area contributed by atoms with Crippen molar-refractivity contribution in [3.63, 3.8) is 0 Å². The first-order valence-electron chi connectivity index (χ1n) is 5.40. The first-order valence-corrected chi connectivity index (χ1v) is 5.40. The van der Waals surface area contributed by atoms with Crippen LogP contribution in [0.1, 0.15) is 26.2 Å². The van der Waals surface area contributed by atoms with Crippen molar-refractivity contribution in [1.29, 1.82) is 0 Å². The third kappa shape index (κ3) is 2.28. The first kappa shape index (κ1) is 10.4. The lowest BCUT2D eigenvalue weighted by atomic mass is 10.1. The molecule has 84 valence electrons. The molecule has 0 aliphatic carbocycles. The molecule has 0 saturated carbocycles. The highest BCUT2D eigenvalue weighted by Gasteiger charge is 2.34. The number of rotatable bonds is 2. The summed E-state index contributed by atoms with van der Waals surface area (Å²) in [7, 11) is 0. The lowest BCUT2D eigenvalue weighted by molar-refractivity contribution is -0.141. The van der Waals surface area contributed by atoms with Gasteiger partial charge in [-0.15, -0.1) is 0 Å². The SMILES string of the molecule is C[C@@H]1OC(=O)C[C@@H]1NC(=O)[C@@H]1CCCN1. The monoisotopic (exact) mass is 212 g/mol. The average molecular weight is 212 g/mol. The second-order valence-corrected chi connectivity index (χ2v) is 4.16. The first-order chi connectivity index (χ1) is 7.16. The Balaban J connectivity index is 1.85. The van der Waals surface area contributed by atoms with Gasteiger partial charge in [0.15, 0.2) is 0 Å². The van der Waals surface area contributed by atoms with Gasteiger partial charge in [-0.1, -0.05) is 0 Å². The quantitative estimate of drug-likeness (QED) is 0.609. The Morgan fingerprint density at radius 2 is 2.40 bits per heavy atom. The minimum atomic E-state index is -0.229. The van der Waals surface area contributed by atoms with Crippen LogP contribution in [0.3, 0.4) is 0 Å². The second-order valence-electron chi connectivity index (χ2n) is 4.16. The van der Waals surface area contributed by atoms with E-state index in [1.807, 2.05) is 0 Å². The van der Waals surface area contributed by atoms with Crippen molar-refractivity contribution in [2.75, 3.05) is 6.54 Å². The van der Waals surface area contributed by atoms with E-state index in [1.54, 1.807) is 6.92 Å². The molecule has 0 aromatic rings. The Labute approximate surface area is 88.5 Å². The van der Waals surface area contributed by atoms with Gasteiger partial charge in [-0.3, -0.25) is 9.59 Å². The van der Waals surface area contributed by atoms with Crippen LogP contribution in [0.15, 0.2) is 0 Å². The number of nitrogens with one attached hydrogen (secondary N) is 2. The Hall–Kier alpha value is -1.10. The average Bonchev–Trinajstić information content (AvgIpc) is 2.76. The van der Waals surface area contributed by atoms with Crippen LogP contribution in [0.25, 0.3) is 0 Å². The molecular weight excluding hydrogens is 196 g/mol. The van der Waals surface area contributed by atoms with Crippen LogP contribution >= 0.6 is 0 Å². The van der Waals surface area contributed by atoms with Crippen LogP contribution in [0.2, 0.25) is 0 Å². The van der Waals surface area contributed by atoms with E-state index in [2.05, 4.69) is 10.6 Å². The predicted octanol–water partition coefficient (Wildman–Crippen LogP) is -0.441. The van der Waals surface area contributed by atoms with Gasteiger partial charge in [0.25, 0.3) is 0 Å². The van der Waals surface area contributed by atoms with Crippen LogP contribution in [-0.4, -0.2) is 36.6 Å². The molecule has 2 heterocycles. The molecular formula is C10H16N2O3. The van der Waals surface area contributed by atoms with Crippen molar-refractivity contribution >= 4 is 11.9 Å². The zero-order valence-electron chi connectivity index (χ0n) is 8.79. The number of carbonyl (C=O) groups excluding carboxylic acids is 2. The van der Waals surface area contributed by atoms with Crippen LogP contribution in [0.4, 0.5) is 0 Å². The fourth-order valence-corrected chi connectivity index (χ4v) is 2.04. The number of carbonyl (C=O) groups is 2. The summed E-state index contributed by atoms with van der Waals surface area (Å²) in [5, 5.41) is 5.97. The van der Waals surface area contributed by atoms with Crippen molar-refractivity contribution in [2.45, 2.75) is 44.4 Å². The van der Waals surface area contributed by atoms with E-state index in [0.717, 1.165) is 19.4 Å². The van der Waals surface area contributed by atoms with Gasteiger partial charge in [-0.2, -0.15) is 0 Å². The molecule has 0 spiro atoms. The van der Waals surface area contributed by atoms with E-state index < -0.39 is 0 Å². The molecule has 0 unspecified atom stereocenters. The number of amides is 1. The van der Waals surface area contributed by atoms with E-state index in [0.29, 0.717) is 6.42 Å². The number of hydrogen-bond donors (Lipinski definition) is 2. The molecule has 2 rings (SSSR count). The van der Waals surface area contributed by atoms with Gasteiger partial charge in [0.05, 0.1) is 18.5 Å². The Morgan fingerprint density at radius 1 is 1.60 bits per heavy atom. The molecule has 0 aromatic carbocycles. The molecule has 5 heteroatoms. The Bertz CT molecular complexity index is 274. The number of ether oxygens (including phenoxy) is 1. The van der Waals surface area contributed by atoms with Crippen LogP contribution in [0.5, 0.6) is 0 Å². The summed E-state index contributed by atoms with van der Waals surface area (Å²) < 4.78 is 4.96. The standard InChI is InChI=1S/C10H16N2O3/c1-6-8(5-9(13)15-6)12-10(14)7-3-2-4-11-7/h6-8,11H,2-5H2,1H3,(H,12,14)/t6-,7-,8-/m0/s1. The van der Waals surface area contributed by atoms with E-state index in [9.17, 15) is 9.59 Å². The second kappa shape index (κ2) is 4.18. The van der Waals surface area contributed by atoms with Crippen molar-refractivity contribution in [2.24, 2.45) is 0 Å². The zero-order chi connectivity index (χ0) is 10.8. The molecule has 2 saturated heterocycles. The molecule has 2 fully saturated rings. The summed E-state index contributed by atoms with van der Waals surface area (Å²) in [6.07, 6.45) is 2.00. The summed E-state index contributed by atoms with van der Waals surface area (Å²) in [5.74, 6) is -0.241. The molecule has 2 N–H and O–H groups in total. The van der Waals surface area contributed by atoms with E-state index in [-0.39, 0.29) is 30.1 Å². The zero-order valence-corrected chi connectivity index (χ0v) is 8.79. The van der Waals surface area contributed by atoms with Gasteiger partial charge in [-0.25, -0.2) is 0 Å². The van der Waals surface area contributed by atoms with Gasteiger partial charge in [0.2, 0.25) is 5.91 Å². The minimum absolute atomic E-state index is 0.0114. The fraction of sp³-hybridized carbons (Fsp3) is 0.800. The predicted molar refractivity (Wildman–Crippen MR) is 53.1 cm³/mol. The van der Waals surface area contributed by atoms with Crippen LogP contribution in [-0.2, 0) is 14.3 Å². The van der Waals surface area contributed by atoms with Crippen LogP contribution in [0, 0.1) is 0 Å². The van der Waals surface area contributed by atoms with Gasteiger partial charge in [-0.05, 0) is 26.3 Å². The van der Waals surface area contributed by atoms with E-state index >= 15 is 0 Å². The maximum atomic E-state index is 11.7.